The summed E-state index contributed by atoms with van der Waals surface area (Å²) in [6.07, 6.45) is 6.71. The second-order valence-corrected chi connectivity index (χ2v) is 13.3. The summed E-state index contributed by atoms with van der Waals surface area (Å²) < 4.78 is 57.1. The fraction of sp³-hybridized carbons (Fsp3) is 0.105. The molecular formula is C38H30F2N2O2S. The van der Waals surface area contributed by atoms with Crippen molar-refractivity contribution in [1.29, 1.82) is 0 Å². The van der Waals surface area contributed by atoms with Crippen molar-refractivity contribution >= 4 is 9.84 Å². The maximum absolute atomic E-state index is 15.4. The maximum Gasteiger partial charge on any atom is 0.158 e. The zero-order valence-electron chi connectivity index (χ0n) is 24.8. The molecule has 0 aliphatic rings. The van der Waals surface area contributed by atoms with Gasteiger partial charge in [0, 0.05) is 47.0 Å². The van der Waals surface area contributed by atoms with E-state index in [9.17, 15) is 8.42 Å². The first kappa shape index (κ1) is 30.0. The van der Waals surface area contributed by atoms with E-state index in [1.165, 1.54) is 24.3 Å². The number of aryl methyl sites for hydroxylation is 2. The van der Waals surface area contributed by atoms with Crippen LogP contribution in [0.25, 0.3) is 44.5 Å². The molecule has 2 aromatic heterocycles. The van der Waals surface area contributed by atoms with E-state index in [2.05, 4.69) is 9.97 Å². The number of benzene rings is 4. The molecule has 45 heavy (non-hydrogen) atoms. The van der Waals surface area contributed by atoms with E-state index >= 15 is 8.78 Å². The molecule has 4 aromatic carbocycles. The number of halogens is 2. The van der Waals surface area contributed by atoms with Crippen molar-refractivity contribution in [2.45, 2.75) is 25.4 Å². The topological polar surface area (TPSA) is 59.9 Å². The van der Waals surface area contributed by atoms with E-state index in [4.69, 9.17) is 0 Å². The Hall–Kier alpha value is -5.01. The summed E-state index contributed by atoms with van der Waals surface area (Å²) >= 11 is 0. The highest BCUT2D eigenvalue weighted by molar-refractivity contribution is 7.89. The normalized spacial score (nSPS) is 11.5. The Bertz CT molecular complexity index is 2000. The minimum absolute atomic E-state index is 0.0231. The van der Waals surface area contributed by atoms with Crippen molar-refractivity contribution in [3.05, 3.63) is 156 Å². The molecule has 224 valence electrons. The van der Waals surface area contributed by atoms with Gasteiger partial charge >= 0.3 is 0 Å². The van der Waals surface area contributed by atoms with Crippen LogP contribution in [0.4, 0.5) is 8.78 Å². The Labute approximate surface area is 262 Å². The third kappa shape index (κ3) is 6.74. The summed E-state index contributed by atoms with van der Waals surface area (Å²) in [5, 5.41) is 0. The first-order valence-electron chi connectivity index (χ1n) is 14.5. The van der Waals surface area contributed by atoms with Crippen LogP contribution in [0, 0.1) is 25.5 Å². The quantitative estimate of drug-likeness (QED) is 0.171. The van der Waals surface area contributed by atoms with Gasteiger partial charge in [-0.05, 0) is 71.5 Å². The van der Waals surface area contributed by atoms with Crippen LogP contribution in [0.1, 0.15) is 22.3 Å². The molecule has 4 nitrogen and oxygen atoms in total. The zero-order valence-corrected chi connectivity index (χ0v) is 25.7. The predicted molar refractivity (Wildman–Crippen MR) is 176 cm³/mol. The molecule has 2 heterocycles. The number of rotatable bonds is 8. The molecule has 0 spiro atoms. The highest BCUT2D eigenvalue weighted by Crippen LogP contribution is 2.34. The minimum atomic E-state index is -3.90. The molecule has 0 saturated heterocycles. The lowest BCUT2D eigenvalue weighted by Gasteiger charge is -2.13. The van der Waals surface area contributed by atoms with E-state index < -0.39 is 33.0 Å². The van der Waals surface area contributed by atoms with Crippen LogP contribution in [-0.4, -0.2) is 18.4 Å². The molecule has 0 aliphatic heterocycles. The number of aromatic nitrogens is 2. The van der Waals surface area contributed by atoms with Crippen LogP contribution in [0.5, 0.6) is 0 Å². The van der Waals surface area contributed by atoms with Crippen LogP contribution in [-0.2, 0) is 21.3 Å². The van der Waals surface area contributed by atoms with Crippen LogP contribution in [0.3, 0.4) is 0 Å². The fourth-order valence-corrected chi connectivity index (χ4v) is 7.08. The molecule has 0 N–H and O–H groups in total. The standard InChI is InChI=1S/C38H30F2N2O2S/c1-25-5-3-7-27(17-25)33-13-15-41-21-35(33)29-9-11-31(37(39)19-29)23-45(43,44)24-32-12-10-30(20-38(32)40)36-22-42-16-14-34(36)28-8-4-6-26(2)18-28/h3-22H,23-24H2,1-2H3. The van der Waals surface area contributed by atoms with Gasteiger partial charge in [-0.15, -0.1) is 0 Å². The molecule has 0 fully saturated rings. The van der Waals surface area contributed by atoms with Gasteiger partial charge in [-0.1, -0.05) is 83.9 Å². The van der Waals surface area contributed by atoms with E-state index in [1.807, 2.05) is 74.5 Å². The van der Waals surface area contributed by atoms with E-state index in [1.54, 1.807) is 36.9 Å². The largest absolute Gasteiger partial charge is 0.264 e. The zero-order chi connectivity index (χ0) is 31.6. The van der Waals surface area contributed by atoms with Crippen LogP contribution in [0.2, 0.25) is 0 Å². The lowest BCUT2D eigenvalue weighted by atomic mass is 9.95. The molecule has 6 aromatic rings. The van der Waals surface area contributed by atoms with Crippen molar-refractivity contribution in [3.63, 3.8) is 0 Å². The summed E-state index contributed by atoms with van der Waals surface area (Å²) in [5.41, 5.74) is 8.61. The van der Waals surface area contributed by atoms with E-state index in [-0.39, 0.29) is 11.1 Å². The molecule has 6 rings (SSSR count). The summed E-state index contributed by atoms with van der Waals surface area (Å²) in [7, 11) is -3.90. The maximum atomic E-state index is 15.4. The Kier molecular flexibility index (Phi) is 8.37. The van der Waals surface area contributed by atoms with Crippen molar-refractivity contribution < 1.29 is 17.2 Å². The average Bonchev–Trinajstić information content (AvgIpc) is 3.03. The smallest absolute Gasteiger partial charge is 0.158 e. The van der Waals surface area contributed by atoms with Crippen molar-refractivity contribution in [1.82, 2.24) is 9.97 Å². The van der Waals surface area contributed by atoms with Gasteiger partial charge in [-0.2, -0.15) is 0 Å². The third-order valence-corrected chi connectivity index (χ3v) is 9.28. The number of hydrogen-bond donors (Lipinski definition) is 0. The Balaban J connectivity index is 1.23. The van der Waals surface area contributed by atoms with Gasteiger partial charge in [-0.3, -0.25) is 9.97 Å². The number of sulfone groups is 1. The van der Waals surface area contributed by atoms with E-state index in [0.717, 1.165) is 44.5 Å². The molecule has 0 aliphatic carbocycles. The van der Waals surface area contributed by atoms with Crippen molar-refractivity contribution in [2.24, 2.45) is 0 Å². The molecule has 0 amide bonds. The molecule has 0 atom stereocenters. The number of hydrogen-bond acceptors (Lipinski definition) is 4. The summed E-state index contributed by atoms with van der Waals surface area (Å²) in [6.45, 7) is 4.01. The van der Waals surface area contributed by atoms with Gasteiger partial charge in [0.2, 0.25) is 0 Å². The van der Waals surface area contributed by atoms with Crippen LogP contribution < -0.4 is 0 Å². The SMILES string of the molecule is Cc1cccc(-c2ccncc2-c2ccc(CS(=O)(=O)Cc3ccc(-c4cnccc4-c4cccc(C)c4)cc3F)c(F)c2)c1. The monoisotopic (exact) mass is 616 g/mol. The first-order chi connectivity index (χ1) is 21.7. The van der Waals surface area contributed by atoms with Crippen LogP contribution >= 0.6 is 0 Å². The van der Waals surface area contributed by atoms with Crippen molar-refractivity contribution in [2.75, 3.05) is 0 Å². The lowest BCUT2D eigenvalue weighted by molar-refractivity contribution is 0.581. The number of pyridine rings is 2. The second kappa shape index (κ2) is 12.5. The van der Waals surface area contributed by atoms with Gasteiger partial charge in [0.05, 0.1) is 11.5 Å². The molecule has 0 bridgehead atoms. The highest BCUT2D eigenvalue weighted by Gasteiger charge is 2.20. The summed E-state index contributed by atoms with van der Waals surface area (Å²) in [4.78, 5) is 8.46. The molecular weight excluding hydrogens is 586 g/mol. The Morgan fingerprint density at radius 3 is 1.36 bits per heavy atom. The molecule has 0 saturated carbocycles. The second-order valence-electron chi connectivity index (χ2n) is 11.2. The predicted octanol–water partition coefficient (Wildman–Crippen LogP) is 9.15. The van der Waals surface area contributed by atoms with Crippen molar-refractivity contribution in [3.8, 4) is 44.5 Å². The molecule has 0 unspecified atom stereocenters. The fourth-order valence-electron chi connectivity index (χ4n) is 5.57. The minimum Gasteiger partial charge on any atom is -0.264 e. The van der Waals surface area contributed by atoms with Crippen LogP contribution in [0.15, 0.2) is 122 Å². The van der Waals surface area contributed by atoms with Gasteiger partial charge in [0.1, 0.15) is 11.6 Å². The Morgan fingerprint density at radius 2 is 0.956 bits per heavy atom. The highest BCUT2D eigenvalue weighted by atomic mass is 32.2. The van der Waals surface area contributed by atoms with Gasteiger partial charge < -0.3 is 0 Å². The third-order valence-electron chi connectivity index (χ3n) is 7.78. The molecule has 0 radical (unpaired) electrons. The number of nitrogens with zero attached hydrogens (tertiary/aromatic N) is 2. The van der Waals surface area contributed by atoms with Gasteiger partial charge in [0.15, 0.2) is 9.84 Å². The van der Waals surface area contributed by atoms with Gasteiger partial charge in [-0.25, -0.2) is 17.2 Å². The Morgan fingerprint density at radius 1 is 0.533 bits per heavy atom. The average molecular weight is 617 g/mol. The van der Waals surface area contributed by atoms with Gasteiger partial charge in [0.25, 0.3) is 0 Å². The molecule has 7 heteroatoms. The first-order valence-corrected chi connectivity index (χ1v) is 16.3. The lowest BCUT2D eigenvalue weighted by Crippen LogP contribution is -2.10. The summed E-state index contributed by atoms with van der Waals surface area (Å²) in [6, 6.07) is 28.7. The summed E-state index contributed by atoms with van der Waals surface area (Å²) in [5.74, 6) is -2.41. The van der Waals surface area contributed by atoms with E-state index in [0.29, 0.717) is 11.1 Å².